The molecule has 16 heteroatoms. The fourth-order valence-electron chi connectivity index (χ4n) is 4.61. The summed E-state index contributed by atoms with van der Waals surface area (Å²) in [6.07, 6.45) is 0.296. The number of ketones is 1. The molecule has 4 rings (SSSR count). The van der Waals surface area contributed by atoms with Gasteiger partial charge in [0.25, 0.3) is 5.91 Å². The molecule has 2 fully saturated rings. The predicted octanol–water partition coefficient (Wildman–Crippen LogP) is 0.141. The highest BCUT2D eigenvalue weighted by Crippen LogP contribution is 2.25. The third-order valence-electron chi connectivity index (χ3n) is 6.59. The van der Waals surface area contributed by atoms with Crippen molar-refractivity contribution < 1.29 is 38.6 Å². The number of carbonyl (C=O) groups is 6. The van der Waals surface area contributed by atoms with Gasteiger partial charge < -0.3 is 20.5 Å². The first-order valence-corrected chi connectivity index (χ1v) is 13.8. The second-order valence-corrected chi connectivity index (χ2v) is 10.2. The zero-order valence-corrected chi connectivity index (χ0v) is 22.9. The second-order valence-electron chi connectivity index (χ2n) is 9.29. The number of rotatable bonds is 10. The standard InChI is InChI=1S/C25H29N7O8S/c1-40-25(39)29-16-9-10-20(34)30-11-5-8-18(32(30)23(16)38)22(37)28-17(12-21(35)36)19(33)13-41-24-26-14-27-31(24)15-6-3-2-4-7-15/h2-4,6-7,14,16-18H,5,8-13H2,1H3,(H,28,37)(H,29,39)(H,35,36). The Hall–Kier alpha value is -4.47. The molecule has 3 N–H and O–H groups in total. The summed E-state index contributed by atoms with van der Waals surface area (Å²) in [7, 11) is 1.13. The number of amides is 4. The lowest BCUT2D eigenvalue weighted by Crippen LogP contribution is -2.64. The molecule has 2 aliphatic rings. The number of carboxylic acids is 1. The van der Waals surface area contributed by atoms with Crippen LogP contribution in [0.25, 0.3) is 5.69 Å². The maximum Gasteiger partial charge on any atom is 0.407 e. The molecule has 2 saturated heterocycles. The van der Waals surface area contributed by atoms with Crippen molar-refractivity contribution in [3.63, 3.8) is 0 Å². The lowest BCUT2D eigenvalue weighted by atomic mass is 10.0. The molecule has 0 saturated carbocycles. The van der Waals surface area contributed by atoms with Gasteiger partial charge in [-0.3, -0.25) is 29.0 Å². The van der Waals surface area contributed by atoms with Crippen molar-refractivity contribution in [2.45, 2.75) is 55.4 Å². The molecule has 4 amide bonds. The Balaban J connectivity index is 1.48. The molecule has 2 aliphatic heterocycles. The van der Waals surface area contributed by atoms with Crippen LogP contribution in [0, 0.1) is 0 Å². The number of hydrogen-bond acceptors (Lipinski definition) is 10. The minimum absolute atomic E-state index is 0.0130. The molecule has 0 bridgehead atoms. The van der Waals surface area contributed by atoms with Gasteiger partial charge in [0.15, 0.2) is 10.9 Å². The zero-order valence-electron chi connectivity index (χ0n) is 22.1. The van der Waals surface area contributed by atoms with Crippen LogP contribution in [0.1, 0.15) is 32.1 Å². The molecule has 0 spiro atoms. The van der Waals surface area contributed by atoms with Crippen molar-refractivity contribution in [3.8, 4) is 5.69 Å². The zero-order chi connectivity index (χ0) is 29.5. The SMILES string of the molecule is COC(=O)NC1CCC(=O)N2CCCC(C(=O)NC(CC(=O)O)C(=O)CSc3ncnn3-c3ccccc3)N2C1=O. The summed E-state index contributed by atoms with van der Waals surface area (Å²) in [4.78, 5) is 80.2. The molecule has 218 valence electrons. The van der Waals surface area contributed by atoms with Gasteiger partial charge in [-0.1, -0.05) is 30.0 Å². The number of carbonyl (C=O) groups excluding carboxylic acids is 5. The average Bonchev–Trinajstić information content (AvgIpc) is 3.41. The number of alkyl carbamates (subject to hydrolysis) is 1. The van der Waals surface area contributed by atoms with E-state index in [2.05, 4.69) is 25.5 Å². The summed E-state index contributed by atoms with van der Waals surface area (Å²) in [5, 5.41) is 21.1. The highest BCUT2D eigenvalue weighted by Gasteiger charge is 2.45. The van der Waals surface area contributed by atoms with E-state index in [1.54, 1.807) is 0 Å². The first-order chi connectivity index (χ1) is 19.7. The molecular weight excluding hydrogens is 558 g/mol. The van der Waals surface area contributed by atoms with Gasteiger partial charge in [-0.05, 0) is 31.4 Å². The number of hydrazine groups is 1. The van der Waals surface area contributed by atoms with Crippen LogP contribution >= 0.6 is 11.8 Å². The number of Topliss-reactive ketones (excluding diaryl/α,β-unsaturated/α-hetero) is 1. The van der Waals surface area contributed by atoms with E-state index >= 15 is 0 Å². The fraction of sp³-hybridized carbons (Fsp3) is 0.440. The van der Waals surface area contributed by atoms with Gasteiger partial charge >= 0.3 is 12.1 Å². The number of aromatic nitrogens is 3. The van der Waals surface area contributed by atoms with Crippen LogP contribution in [0.2, 0.25) is 0 Å². The summed E-state index contributed by atoms with van der Waals surface area (Å²) in [6.45, 7) is 0.190. The predicted molar refractivity (Wildman–Crippen MR) is 141 cm³/mol. The largest absolute Gasteiger partial charge is 0.481 e. The monoisotopic (exact) mass is 587 g/mol. The van der Waals surface area contributed by atoms with Crippen LogP contribution in [-0.2, 0) is 28.7 Å². The van der Waals surface area contributed by atoms with Gasteiger partial charge in [-0.2, -0.15) is 5.10 Å². The van der Waals surface area contributed by atoms with Crippen LogP contribution in [-0.4, -0.2) is 103 Å². The maximum atomic E-state index is 13.4. The van der Waals surface area contributed by atoms with Crippen molar-refractivity contribution >= 4 is 47.3 Å². The Morgan fingerprint density at radius 3 is 2.63 bits per heavy atom. The van der Waals surface area contributed by atoms with Gasteiger partial charge in [0.2, 0.25) is 11.8 Å². The number of nitrogens with one attached hydrogen (secondary N) is 2. The van der Waals surface area contributed by atoms with E-state index in [1.165, 1.54) is 16.0 Å². The third-order valence-corrected chi connectivity index (χ3v) is 7.55. The highest BCUT2D eigenvalue weighted by atomic mass is 32.2. The minimum atomic E-state index is -1.40. The van der Waals surface area contributed by atoms with Crippen LogP contribution in [0.4, 0.5) is 4.79 Å². The summed E-state index contributed by atoms with van der Waals surface area (Å²) < 4.78 is 6.10. The molecule has 15 nitrogen and oxygen atoms in total. The molecule has 3 heterocycles. The van der Waals surface area contributed by atoms with E-state index in [4.69, 9.17) is 0 Å². The van der Waals surface area contributed by atoms with E-state index < -0.39 is 60.1 Å². The van der Waals surface area contributed by atoms with Crippen LogP contribution in [0.15, 0.2) is 41.8 Å². The molecule has 0 radical (unpaired) electrons. The average molecular weight is 588 g/mol. The topological polar surface area (TPSA) is 193 Å². The molecule has 2 aromatic rings. The summed E-state index contributed by atoms with van der Waals surface area (Å²) in [5.74, 6) is -3.97. The minimum Gasteiger partial charge on any atom is -0.481 e. The number of aliphatic carboxylic acids is 1. The van der Waals surface area contributed by atoms with E-state index in [0.29, 0.717) is 17.3 Å². The Bertz CT molecular complexity index is 1320. The van der Waals surface area contributed by atoms with Gasteiger partial charge in [0, 0.05) is 13.0 Å². The van der Waals surface area contributed by atoms with E-state index in [1.807, 2.05) is 30.3 Å². The van der Waals surface area contributed by atoms with E-state index in [9.17, 15) is 33.9 Å². The molecule has 41 heavy (non-hydrogen) atoms. The van der Waals surface area contributed by atoms with Gasteiger partial charge in [-0.25, -0.2) is 19.5 Å². The van der Waals surface area contributed by atoms with Crippen LogP contribution in [0.5, 0.6) is 0 Å². The number of fused-ring (bicyclic) bond motifs is 1. The van der Waals surface area contributed by atoms with E-state index in [-0.39, 0.29) is 31.6 Å². The fourth-order valence-corrected chi connectivity index (χ4v) is 5.48. The summed E-state index contributed by atoms with van der Waals surface area (Å²) >= 11 is 1.03. The van der Waals surface area contributed by atoms with Gasteiger partial charge in [0.1, 0.15) is 18.4 Å². The number of carboxylic acid groups (broad SMARTS) is 1. The number of nitrogens with zero attached hydrogens (tertiary/aromatic N) is 5. The van der Waals surface area contributed by atoms with Gasteiger partial charge in [-0.15, -0.1) is 0 Å². The van der Waals surface area contributed by atoms with Crippen molar-refractivity contribution in [2.24, 2.45) is 0 Å². The quantitative estimate of drug-likeness (QED) is 0.320. The van der Waals surface area contributed by atoms with Crippen LogP contribution < -0.4 is 10.6 Å². The van der Waals surface area contributed by atoms with Gasteiger partial charge in [0.05, 0.1) is 31.0 Å². The number of ether oxygens (including phenoxy) is 1. The molecular formula is C25H29N7O8S. The lowest BCUT2D eigenvalue weighted by molar-refractivity contribution is -0.176. The number of para-hydroxylation sites is 1. The molecule has 3 unspecified atom stereocenters. The number of thioether (sulfide) groups is 1. The Labute approximate surface area is 238 Å². The van der Waals surface area contributed by atoms with Crippen LogP contribution in [0.3, 0.4) is 0 Å². The molecule has 3 atom stereocenters. The molecule has 0 aliphatic carbocycles. The Kier molecular flexibility index (Phi) is 9.54. The Morgan fingerprint density at radius 2 is 1.93 bits per heavy atom. The highest BCUT2D eigenvalue weighted by molar-refractivity contribution is 7.99. The summed E-state index contributed by atoms with van der Waals surface area (Å²) in [5.41, 5.74) is 0.717. The summed E-state index contributed by atoms with van der Waals surface area (Å²) in [6, 6.07) is 5.38. The first-order valence-electron chi connectivity index (χ1n) is 12.8. The smallest absolute Gasteiger partial charge is 0.407 e. The lowest BCUT2D eigenvalue weighted by Gasteiger charge is -2.43. The number of benzene rings is 1. The third kappa shape index (κ3) is 7.00. The molecule has 1 aromatic carbocycles. The first kappa shape index (κ1) is 29.5. The van der Waals surface area contributed by atoms with Crippen molar-refractivity contribution in [2.75, 3.05) is 19.4 Å². The normalized spacial score (nSPS) is 19.5. The second kappa shape index (κ2) is 13.3. The van der Waals surface area contributed by atoms with Crippen molar-refractivity contribution in [3.05, 3.63) is 36.7 Å². The van der Waals surface area contributed by atoms with Crippen molar-refractivity contribution in [1.82, 2.24) is 35.4 Å². The molecule has 1 aromatic heterocycles. The number of methoxy groups -OCH3 is 1. The van der Waals surface area contributed by atoms with Crippen molar-refractivity contribution in [1.29, 1.82) is 0 Å². The Morgan fingerprint density at radius 1 is 1.17 bits per heavy atom. The maximum absolute atomic E-state index is 13.4. The number of hydrogen-bond donors (Lipinski definition) is 3. The van der Waals surface area contributed by atoms with E-state index in [0.717, 1.165) is 23.9 Å².